The molecule has 0 bridgehead atoms. The molecule has 3 rings (SSSR count). The van der Waals surface area contributed by atoms with Crippen molar-refractivity contribution >= 4 is 0 Å². The zero-order valence-electron chi connectivity index (χ0n) is 11.4. The number of halogens is 1. The molecule has 0 aromatic heterocycles. The number of rotatable bonds is 4. The Morgan fingerprint density at radius 3 is 2.80 bits per heavy atom. The van der Waals surface area contributed by atoms with Crippen molar-refractivity contribution in [3.63, 3.8) is 0 Å². The molecular weight excluding hydrogens is 255 g/mol. The van der Waals surface area contributed by atoms with Gasteiger partial charge in [0.05, 0.1) is 6.07 Å². The highest BCUT2D eigenvalue weighted by Crippen LogP contribution is 2.34. The van der Waals surface area contributed by atoms with Crippen LogP contribution >= 0.6 is 0 Å². The Hall–Kier alpha value is -1.60. The van der Waals surface area contributed by atoms with E-state index in [9.17, 15) is 9.65 Å². The van der Waals surface area contributed by atoms with Gasteiger partial charge in [0.15, 0.2) is 11.6 Å². The molecule has 0 radical (unpaired) electrons. The minimum absolute atomic E-state index is 0.0912. The van der Waals surface area contributed by atoms with Gasteiger partial charge in [-0.3, -0.25) is 5.32 Å². The first-order valence-electron chi connectivity index (χ1n) is 7.31. The first-order valence-corrected chi connectivity index (χ1v) is 7.31. The van der Waals surface area contributed by atoms with Crippen molar-refractivity contribution in [2.24, 2.45) is 0 Å². The van der Waals surface area contributed by atoms with Gasteiger partial charge in [-0.05, 0) is 44.2 Å². The zero-order chi connectivity index (χ0) is 14.0. The van der Waals surface area contributed by atoms with E-state index in [1.54, 1.807) is 18.2 Å². The Kier molecular flexibility index (Phi) is 3.62. The van der Waals surface area contributed by atoms with Gasteiger partial charge in [-0.2, -0.15) is 5.26 Å². The van der Waals surface area contributed by atoms with E-state index < -0.39 is 5.54 Å². The van der Waals surface area contributed by atoms with E-state index in [-0.39, 0.29) is 17.7 Å². The van der Waals surface area contributed by atoms with Gasteiger partial charge in [0.2, 0.25) is 0 Å². The molecule has 0 spiro atoms. The molecule has 2 fully saturated rings. The van der Waals surface area contributed by atoms with Crippen molar-refractivity contribution in [3.05, 3.63) is 30.1 Å². The molecule has 1 N–H and O–H groups in total. The molecule has 4 heteroatoms. The van der Waals surface area contributed by atoms with Crippen LogP contribution in [0.15, 0.2) is 24.3 Å². The molecule has 20 heavy (non-hydrogen) atoms. The molecule has 0 aliphatic heterocycles. The summed E-state index contributed by atoms with van der Waals surface area (Å²) < 4.78 is 19.4. The third kappa shape index (κ3) is 2.94. The van der Waals surface area contributed by atoms with Crippen LogP contribution in [0.2, 0.25) is 0 Å². The molecule has 106 valence electrons. The maximum Gasteiger partial charge on any atom is 0.165 e. The number of benzene rings is 1. The fourth-order valence-electron chi connectivity index (χ4n) is 2.93. The summed E-state index contributed by atoms with van der Waals surface area (Å²) >= 11 is 0. The van der Waals surface area contributed by atoms with Crippen molar-refractivity contribution in [3.8, 4) is 11.8 Å². The van der Waals surface area contributed by atoms with Crippen molar-refractivity contribution in [1.29, 1.82) is 5.26 Å². The molecule has 0 saturated heterocycles. The number of ether oxygens (including phenoxy) is 1. The monoisotopic (exact) mass is 274 g/mol. The molecule has 0 amide bonds. The van der Waals surface area contributed by atoms with E-state index in [1.807, 2.05) is 0 Å². The molecule has 0 heterocycles. The number of hydrogen-bond donors (Lipinski definition) is 1. The Morgan fingerprint density at radius 2 is 2.10 bits per heavy atom. The lowest BCUT2D eigenvalue weighted by Gasteiger charge is -2.36. The van der Waals surface area contributed by atoms with Gasteiger partial charge in [0.1, 0.15) is 11.6 Å². The summed E-state index contributed by atoms with van der Waals surface area (Å²) in [6.07, 6.45) is 5.53. The van der Waals surface area contributed by atoms with Gasteiger partial charge < -0.3 is 4.74 Å². The quantitative estimate of drug-likeness (QED) is 0.917. The fourth-order valence-corrected chi connectivity index (χ4v) is 2.93. The normalized spacial score (nSPS) is 29.7. The summed E-state index contributed by atoms with van der Waals surface area (Å²) in [6.45, 7) is 0. The van der Waals surface area contributed by atoms with Crippen molar-refractivity contribution in [2.75, 3.05) is 0 Å². The van der Waals surface area contributed by atoms with Gasteiger partial charge >= 0.3 is 0 Å². The second-order valence-electron chi connectivity index (χ2n) is 5.88. The van der Waals surface area contributed by atoms with Crippen LogP contribution in [-0.4, -0.2) is 17.7 Å². The summed E-state index contributed by atoms with van der Waals surface area (Å²) in [5.41, 5.74) is -0.491. The average Bonchev–Trinajstić information content (AvgIpc) is 3.26. The van der Waals surface area contributed by atoms with Crippen LogP contribution in [0.3, 0.4) is 0 Å². The first kappa shape index (κ1) is 13.4. The minimum Gasteiger partial charge on any atom is -0.487 e. The Bertz CT molecular complexity index is 523. The van der Waals surface area contributed by atoms with Gasteiger partial charge in [0.25, 0.3) is 0 Å². The molecule has 2 unspecified atom stereocenters. The third-order valence-corrected chi connectivity index (χ3v) is 4.11. The predicted octanol–water partition coefficient (Wildman–Crippen LogP) is 3.16. The molecule has 2 atom stereocenters. The number of nitriles is 1. The fraction of sp³-hybridized carbons (Fsp3) is 0.562. The molecule has 2 saturated carbocycles. The summed E-state index contributed by atoms with van der Waals surface area (Å²) in [7, 11) is 0. The number of nitrogens with zero attached hydrogens (tertiary/aromatic N) is 1. The SMILES string of the molecule is N#CC1(NC2CC2)CCCC(Oc2ccccc2F)C1. The largest absolute Gasteiger partial charge is 0.487 e. The Labute approximate surface area is 118 Å². The van der Waals surface area contributed by atoms with Crippen LogP contribution in [0.4, 0.5) is 4.39 Å². The molecule has 1 aromatic carbocycles. The van der Waals surface area contributed by atoms with Gasteiger partial charge in [-0.1, -0.05) is 12.1 Å². The topological polar surface area (TPSA) is 45.0 Å². The van der Waals surface area contributed by atoms with Crippen LogP contribution in [0.25, 0.3) is 0 Å². The summed E-state index contributed by atoms with van der Waals surface area (Å²) in [5, 5.41) is 13.0. The predicted molar refractivity (Wildman–Crippen MR) is 73.8 cm³/mol. The zero-order valence-corrected chi connectivity index (χ0v) is 11.4. The van der Waals surface area contributed by atoms with Crippen LogP contribution in [-0.2, 0) is 0 Å². The molecule has 2 aliphatic carbocycles. The lowest BCUT2D eigenvalue weighted by atomic mass is 9.81. The van der Waals surface area contributed by atoms with E-state index in [0.717, 1.165) is 32.1 Å². The van der Waals surface area contributed by atoms with Gasteiger partial charge in [0, 0.05) is 12.5 Å². The summed E-state index contributed by atoms with van der Waals surface area (Å²) in [4.78, 5) is 0. The molecular formula is C16H19FN2O. The highest BCUT2D eigenvalue weighted by Gasteiger charge is 2.41. The maximum absolute atomic E-state index is 13.6. The van der Waals surface area contributed by atoms with Gasteiger partial charge in [-0.15, -0.1) is 0 Å². The van der Waals surface area contributed by atoms with Crippen LogP contribution in [0.1, 0.15) is 38.5 Å². The van der Waals surface area contributed by atoms with Crippen LogP contribution in [0.5, 0.6) is 5.75 Å². The Balaban J connectivity index is 1.68. The van der Waals surface area contributed by atoms with Crippen molar-refractivity contribution < 1.29 is 9.13 Å². The van der Waals surface area contributed by atoms with E-state index in [4.69, 9.17) is 4.74 Å². The van der Waals surface area contributed by atoms with Crippen LogP contribution in [0, 0.1) is 17.1 Å². The standard InChI is InChI=1S/C16H19FN2O/c17-14-5-1-2-6-15(14)20-13-4-3-9-16(10-13,11-18)19-12-7-8-12/h1-2,5-6,12-13,19H,3-4,7-10H2. The highest BCUT2D eigenvalue weighted by molar-refractivity contribution is 5.24. The van der Waals surface area contributed by atoms with Gasteiger partial charge in [-0.25, -0.2) is 4.39 Å². The lowest BCUT2D eigenvalue weighted by Crippen LogP contribution is -2.50. The highest BCUT2D eigenvalue weighted by atomic mass is 19.1. The van der Waals surface area contributed by atoms with E-state index >= 15 is 0 Å². The summed E-state index contributed by atoms with van der Waals surface area (Å²) in [5.74, 6) is -0.0477. The van der Waals surface area contributed by atoms with Crippen LogP contribution < -0.4 is 10.1 Å². The van der Waals surface area contributed by atoms with E-state index in [2.05, 4.69) is 11.4 Å². The first-order chi connectivity index (χ1) is 9.71. The third-order valence-electron chi connectivity index (χ3n) is 4.11. The number of nitrogens with one attached hydrogen (secondary N) is 1. The lowest BCUT2D eigenvalue weighted by molar-refractivity contribution is 0.107. The maximum atomic E-state index is 13.6. The number of para-hydroxylation sites is 1. The van der Waals surface area contributed by atoms with Crippen molar-refractivity contribution in [2.45, 2.75) is 56.2 Å². The molecule has 1 aromatic rings. The minimum atomic E-state index is -0.491. The summed E-state index contributed by atoms with van der Waals surface area (Å²) in [6, 6.07) is 9.38. The van der Waals surface area contributed by atoms with Crippen molar-refractivity contribution in [1.82, 2.24) is 5.32 Å². The van der Waals surface area contributed by atoms with E-state index in [0.29, 0.717) is 12.5 Å². The molecule has 2 aliphatic rings. The second kappa shape index (κ2) is 5.41. The Morgan fingerprint density at radius 1 is 1.30 bits per heavy atom. The average molecular weight is 274 g/mol. The van der Waals surface area contributed by atoms with E-state index in [1.165, 1.54) is 6.07 Å². The molecule has 3 nitrogen and oxygen atoms in total. The smallest absolute Gasteiger partial charge is 0.165 e. The second-order valence-corrected chi connectivity index (χ2v) is 5.88. The number of hydrogen-bond acceptors (Lipinski definition) is 3.